The van der Waals surface area contributed by atoms with Gasteiger partial charge in [-0.3, -0.25) is 19.4 Å². The fourth-order valence-electron chi connectivity index (χ4n) is 5.05. The second-order valence-electron chi connectivity index (χ2n) is 10.1. The number of likely N-dealkylation sites (N-methyl/N-ethyl adjacent to an activating group) is 1. The fourth-order valence-corrected chi connectivity index (χ4v) is 5.05. The van der Waals surface area contributed by atoms with Crippen LogP contribution in [-0.2, 0) is 16.1 Å². The van der Waals surface area contributed by atoms with Crippen molar-refractivity contribution in [3.63, 3.8) is 0 Å². The predicted molar refractivity (Wildman–Crippen MR) is 151 cm³/mol. The van der Waals surface area contributed by atoms with Crippen molar-refractivity contribution in [2.75, 3.05) is 43.0 Å². The van der Waals surface area contributed by atoms with E-state index in [1.165, 1.54) is 9.80 Å². The van der Waals surface area contributed by atoms with Gasteiger partial charge in [0.05, 0.1) is 13.1 Å². The Morgan fingerprint density at radius 1 is 0.900 bits per heavy atom. The molecular formula is C31H33FN4O4. The maximum Gasteiger partial charge on any atom is 0.416 e. The van der Waals surface area contributed by atoms with Gasteiger partial charge in [0, 0.05) is 56.5 Å². The molecule has 5 rings (SSSR count). The number of alkyl halides is 1. The number of cyclic esters (lactones) is 1. The molecule has 3 aromatic rings. The number of benzene rings is 3. The first-order valence-corrected chi connectivity index (χ1v) is 13.5. The molecule has 2 aliphatic heterocycles. The van der Waals surface area contributed by atoms with Gasteiger partial charge in [0.15, 0.2) is 18.3 Å². The number of halogens is 1. The van der Waals surface area contributed by atoms with E-state index in [9.17, 15) is 14.4 Å². The molecule has 40 heavy (non-hydrogen) atoms. The molecule has 208 valence electrons. The summed E-state index contributed by atoms with van der Waals surface area (Å²) in [5, 5.41) is 0. The van der Waals surface area contributed by atoms with Crippen LogP contribution in [0.2, 0.25) is 0 Å². The van der Waals surface area contributed by atoms with Crippen molar-refractivity contribution in [1.29, 1.82) is 0 Å². The van der Waals surface area contributed by atoms with E-state index < -0.39 is 18.6 Å². The first kappa shape index (κ1) is 27.3. The second kappa shape index (κ2) is 12.3. The van der Waals surface area contributed by atoms with Gasteiger partial charge in [-0.2, -0.15) is 0 Å². The highest BCUT2D eigenvalue weighted by Gasteiger charge is 2.37. The Morgan fingerprint density at radius 3 is 2.33 bits per heavy atom. The summed E-state index contributed by atoms with van der Waals surface area (Å²) >= 11 is 0. The number of nitrogens with zero attached hydrogens (tertiary/aromatic N) is 4. The molecule has 1 unspecified atom stereocenters. The molecular weight excluding hydrogens is 511 g/mol. The summed E-state index contributed by atoms with van der Waals surface area (Å²) < 4.78 is 20.6. The van der Waals surface area contributed by atoms with E-state index in [1.807, 2.05) is 64.4 Å². The van der Waals surface area contributed by atoms with Crippen LogP contribution in [0.25, 0.3) is 0 Å². The molecule has 2 heterocycles. The Hall–Kier alpha value is -4.24. The lowest BCUT2D eigenvalue weighted by Crippen LogP contribution is -2.50. The van der Waals surface area contributed by atoms with Crippen molar-refractivity contribution in [2.24, 2.45) is 0 Å². The molecule has 0 N–H and O–H groups in total. The van der Waals surface area contributed by atoms with Crippen molar-refractivity contribution in [3.05, 3.63) is 96.1 Å². The predicted octanol–water partition coefficient (Wildman–Crippen LogP) is 4.71. The Bertz CT molecular complexity index is 1340. The molecule has 0 spiro atoms. The van der Waals surface area contributed by atoms with Crippen LogP contribution in [0.4, 0.5) is 20.6 Å². The molecule has 0 radical (unpaired) electrons. The minimum Gasteiger partial charge on any atom is -0.423 e. The van der Waals surface area contributed by atoms with Gasteiger partial charge >= 0.3 is 6.09 Å². The topological polar surface area (TPSA) is 73.4 Å². The van der Waals surface area contributed by atoms with Gasteiger partial charge in [-0.15, -0.1) is 0 Å². The molecule has 2 fully saturated rings. The van der Waals surface area contributed by atoms with Gasteiger partial charge in [-0.25, -0.2) is 9.18 Å². The normalized spacial score (nSPS) is 19.4. The second-order valence-corrected chi connectivity index (χ2v) is 10.1. The minimum atomic E-state index is -1.12. The van der Waals surface area contributed by atoms with E-state index in [4.69, 9.17) is 4.74 Å². The monoisotopic (exact) mass is 544 g/mol. The number of anilines is 2. The fraction of sp³-hybridized carbons (Fsp3) is 0.323. The maximum absolute atomic E-state index is 15.1. The number of ketones is 1. The third-order valence-electron chi connectivity index (χ3n) is 7.44. The average molecular weight is 545 g/mol. The highest BCUT2D eigenvalue weighted by Crippen LogP contribution is 2.29. The van der Waals surface area contributed by atoms with Crippen LogP contribution in [0.15, 0.2) is 84.9 Å². The number of rotatable bonds is 9. The lowest BCUT2D eigenvalue weighted by molar-refractivity contribution is -0.136. The van der Waals surface area contributed by atoms with Crippen molar-refractivity contribution < 1.29 is 23.5 Å². The summed E-state index contributed by atoms with van der Waals surface area (Å²) in [5.74, 6) is -0.388. The van der Waals surface area contributed by atoms with Gasteiger partial charge in [-0.05, 0) is 23.8 Å². The Labute approximate surface area is 233 Å². The standard InChI is InChI=1S/C31H33FN4O4/c1-33(29(38)16-15-27(37)24-11-6-3-7-12-24)30-22-36(31(39)40-30)26-14-8-13-25(19-26)34-17-18-35(28(32)21-34)20-23-9-4-2-5-10-23/h2-14,19,28,30H,15-18,20-22H2,1H3/t28-,30?/m1/s1. The molecule has 0 aliphatic carbocycles. The molecule has 2 amide bonds. The van der Waals surface area contributed by atoms with Gasteiger partial charge in [0.2, 0.25) is 5.91 Å². The number of piperazine rings is 1. The van der Waals surface area contributed by atoms with Crippen molar-refractivity contribution in [3.8, 4) is 0 Å². The van der Waals surface area contributed by atoms with Crippen LogP contribution in [0.5, 0.6) is 0 Å². The van der Waals surface area contributed by atoms with Crippen molar-refractivity contribution in [2.45, 2.75) is 31.9 Å². The molecule has 9 heteroatoms. The highest BCUT2D eigenvalue weighted by molar-refractivity contribution is 5.98. The van der Waals surface area contributed by atoms with Crippen LogP contribution in [0.1, 0.15) is 28.8 Å². The van der Waals surface area contributed by atoms with Crippen molar-refractivity contribution in [1.82, 2.24) is 9.80 Å². The summed E-state index contributed by atoms with van der Waals surface area (Å²) in [5.41, 5.74) is 3.08. The maximum atomic E-state index is 15.1. The van der Waals surface area contributed by atoms with Gasteiger partial charge in [-0.1, -0.05) is 66.7 Å². The van der Waals surface area contributed by atoms with E-state index in [1.54, 1.807) is 37.4 Å². The first-order chi connectivity index (χ1) is 19.4. The summed E-state index contributed by atoms with van der Waals surface area (Å²) in [7, 11) is 1.57. The first-order valence-electron chi connectivity index (χ1n) is 13.5. The lowest BCUT2D eigenvalue weighted by atomic mass is 10.1. The van der Waals surface area contributed by atoms with Crippen molar-refractivity contribution >= 4 is 29.2 Å². The summed E-state index contributed by atoms with van der Waals surface area (Å²) in [6, 6.07) is 26.1. The Morgan fingerprint density at radius 2 is 1.60 bits per heavy atom. The zero-order valence-corrected chi connectivity index (χ0v) is 22.5. The Kier molecular flexibility index (Phi) is 8.40. The largest absolute Gasteiger partial charge is 0.423 e. The quantitative estimate of drug-likeness (QED) is 0.287. The molecule has 0 bridgehead atoms. The van der Waals surface area contributed by atoms with Crippen LogP contribution < -0.4 is 9.80 Å². The molecule has 8 nitrogen and oxygen atoms in total. The number of hydrogen-bond donors (Lipinski definition) is 0. The summed E-state index contributed by atoms with van der Waals surface area (Å²) in [6.07, 6.45) is -2.35. The van der Waals surface area contributed by atoms with E-state index in [2.05, 4.69) is 0 Å². The molecule has 0 saturated carbocycles. The van der Waals surface area contributed by atoms with Gasteiger partial charge in [0.25, 0.3) is 0 Å². The number of Topliss-reactive ketones (excluding diaryl/α,β-unsaturated/α-hetero) is 1. The van der Waals surface area contributed by atoms with E-state index in [-0.39, 0.29) is 37.6 Å². The number of hydrogen-bond acceptors (Lipinski definition) is 6. The number of ether oxygens (including phenoxy) is 1. The summed E-state index contributed by atoms with van der Waals surface area (Å²) in [4.78, 5) is 44.6. The van der Waals surface area contributed by atoms with E-state index in [0.29, 0.717) is 30.9 Å². The number of amides is 2. The van der Waals surface area contributed by atoms with E-state index in [0.717, 1.165) is 11.3 Å². The lowest BCUT2D eigenvalue weighted by Gasteiger charge is -2.39. The SMILES string of the molecule is CN(C(=O)CCC(=O)c1ccccc1)C1CN(c2cccc(N3CCN(Cc4ccccc4)[C@@H](F)C3)c2)C(=O)O1. The smallest absolute Gasteiger partial charge is 0.416 e. The van der Waals surface area contributed by atoms with Crippen LogP contribution >= 0.6 is 0 Å². The summed E-state index contributed by atoms with van der Waals surface area (Å²) in [6.45, 7) is 2.18. The van der Waals surface area contributed by atoms with Crippen LogP contribution in [0.3, 0.4) is 0 Å². The van der Waals surface area contributed by atoms with Crippen LogP contribution in [0, 0.1) is 0 Å². The molecule has 2 saturated heterocycles. The molecule has 2 aliphatic rings. The highest BCUT2D eigenvalue weighted by atomic mass is 19.1. The molecule has 2 atom stereocenters. The Balaban J connectivity index is 1.17. The molecule has 0 aromatic heterocycles. The van der Waals surface area contributed by atoms with Gasteiger partial charge in [0.1, 0.15) is 0 Å². The third-order valence-corrected chi connectivity index (χ3v) is 7.44. The number of carbonyl (C=O) groups is 3. The third kappa shape index (κ3) is 6.31. The van der Waals surface area contributed by atoms with Gasteiger partial charge < -0.3 is 14.5 Å². The number of carbonyl (C=O) groups excluding carboxylic acids is 3. The zero-order valence-electron chi connectivity index (χ0n) is 22.5. The van der Waals surface area contributed by atoms with Crippen LogP contribution in [-0.4, -0.2) is 73.3 Å². The zero-order chi connectivity index (χ0) is 28.1. The van der Waals surface area contributed by atoms with E-state index >= 15 is 4.39 Å². The average Bonchev–Trinajstić information content (AvgIpc) is 3.38. The minimum absolute atomic E-state index is 0.0222. The molecule has 3 aromatic carbocycles.